The molecular formula is C13H18FN3O2. The van der Waals surface area contributed by atoms with E-state index < -0.39 is 0 Å². The summed E-state index contributed by atoms with van der Waals surface area (Å²) in [6.45, 7) is 3.32. The Hall–Kier alpha value is -1.66. The molecule has 1 aliphatic heterocycles. The molecule has 1 aromatic rings. The number of hydrogen-bond acceptors (Lipinski definition) is 4. The van der Waals surface area contributed by atoms with Crippen molar-refractivity contribution in [1.29, 1.82) is 0 Å². The lowest BCUT2D eigenvalue weighted by Gasteiger charge is -2.32. The Morgan fingerprint density at radius 1 is 1.37 bits per heavy atom. The van der Waals surface area contributed by atoms with Gasteiger partial charge in [0.1, 0.15) is 11.6 Å². The highest BCUT2D eigenvalue weighted by Gasteiger charge is 2.15. The van der Waals surface area contributed by atoms with E-state index in [4.69, 9.17) is 4.74 Å². The maximum Gasteiger partial charge on any atom is 0.272 e. The minimum atomic E-state index is -0.378. The number of ether oxygens (including phenoxy) is 1. The molecule has 0 spiro atoms. The van der Waals surface area contributed by atoms with Crippen LogP contribution in [0.5, 0.6) is 5.75 Å². The van der Waals surface area contributed by atoms with Gasteiger partial charge in [0.2, 0.25) is 0 Å². The maximum atomic E-state index is 12.9. The van der Waals surface area contributed by atoms with Crippen molar-refractivity contribution in [2.24, 2.45) is 0 Å². The van der Waals surface area contributed by atoms with E-state index >= 15 is 0 Å². The van der Waals surface area contributed by atoms with Crippen LogP contribution in [0.1, 0.15) is 0 Å². The molecule has 6 heteroatoms. The number of likely N-dealkylation sites (N-methyl/N-ethyl adjacent to an activating group) is 1. The number of rotatable bonds is 4. The summed E-state index contributed by atoms with van der Waals surface area (Å²) < 4.78 is 18.1. The van der Waals surface area contributed by atoms with Gasteiger partial charge in [-0.25, -0.2) is 9.40 Å². The quantitative estimate of drug-likeness (QED) is 0.862. The lowest BCUT2D eigenvalue weighted by Crippen LogP contribution is -2.53. The molecule has 2 rings (SSSR count). The van der Waals surface area contributed by atoms with Gasteiger partial charge in [-0.2, -0.15) is 0 Å². The molecule has 0 bridgehead atoms. The Morgan fingerprint density at radius 2 is 2.11 bits per heavy atom. The largest absolute Gasteiger partial charge is 0.484 e. The highest BCUT2D eigenvalue weighted by atomic mass is 19.1. The Morgan fingerprint density at radius 3 is 2.79 bits per heavy atom. The van der Waals surface area contributed by atoms with Crippen LogP contribution >= 0.6 is 0 Å². The zero-order chi connectivity index (χ0) is 13.7. The zero-order valence-corrected chi connectivity index (χ0v) is 10.9. The van der Waals surface area contributed by atoms with Crippen molar-refractivity contribution in [3.63, 3.8) is 0 Å². The van der Waals surface area contributed by atoms with E-state index in [-0.39, 0.29) is 18.3 Å². The second-order valence-electron chi connectivity index (χ2n) is 4.57. The molecule has 1 N–H and O–H groups in total. The molecule has 1 aromatic carbocycles. The SMILES string of the molecule is CN1CCN(NC(=O)COc2cccc(F)c2)CC1. The predicted octanol–water partition coefficient (Wildman–Crippen LogP) is 0.483. The second-order valence-corrected chi connectivity index (χ2v) is 4.57. The summed E-state index contributed by atoms with van der Waals surface area (Å²) in [6, 6.07) is 5.75. The number of halogens is 1. The van der Waals surface area contributed by atoms with Crippen molar-refractivity contribution in [1.82, 2.24) is 15.3 Å². The first kappa shape index (κ1) is 13.8. The number of benzene rings is 1. The number of carbonyl (C=O) groups excluding carboxylic acids is 1. The summed E-state index contributed by atoms with van der Waals surface area (Å²) in [7, 11) is 2.05. The van der Waals surface area contributed by atoms with Crippen LogP contribution in [-0.4, -0.2) is 55.6 Å². The lowest BCUT2D eigenvalue weighted by molar-refractivity contribution is -0.128. The Balaban J connectivity index is 1.73. The highest BCUT2D eigenvalue weighted by Crippen LogP contribution is 2.11. The van der Waals surface area contributed by atoms with Gasteiger partial charge < -0.3 is 9.64 Å². The molecule has 0 saturated carbocycles. The highest BCUT2D eigenvalue weighted by molar-refractivity contribution is 5.77. The number of amides is 1. The summed E-state index contributed by atoms with van der Waals surface area (Å²) in [6.07, 6.45) is 0. The third kappa shape index (κ3) is 4.50. The fourth-order valence-electron chi connectivity index (χ4n) is 1.83. The van der Waals surface area contributed by atoms with E-state index in [0.717, 1.165) is 26.2 Å². The standard InChI is InChI=1S/C13H18FN3O2/c1-16-5-7-17(8-6-16)15-13(18)10-19-12-4-2-3-11(14)9-12/h2-4,9H,5-8,10H2,1H3,(H,15,18). The van der Waals surface area contributed by atoms with Crippen LogP contribution in [0.25, 0.3) is 0 Å². The smallest absolute Gasteiger partial charge is 0.272 e. The third-order valence-corrected chi connectivity index (χ3v) is 2.95. The van der Waals surface area contributed by atoms with E-state index in [1.165, 1.54) is 12.1 Å². The molecule has 0 atom stereocenters. The molecule has 1 aliphatic rings. The number of hydrogen-bond donors (Lipinski definition) is 1. The van der Waals surface area contributed by atoms with Crippen molar-refractivity contribution in [3.8, 4) is 5.75 Å². The average Bonchev–Trinajstić information content (AvgIpc) is 2.39. The van der Waals surface area contributed by atoms with E-state index in [2.05, 4.69) is 10.3 Å². The van der Waals surface area contributed by atoms with Crippen LogP contribution in [0.2, 0.25) is 0 Å². The molecule has 0 aromatic heterocycles. The first-order valence-electron chi connectivity index (χ1n) is 6.25. The number of piperazine rings is 1. The first-order chi connectivity index (χ1) is 9.13. The monoisotopic (exact) mass is 267 g/mol. The van der Waals surface area contributed by atoms with Crippen LogP contribution < -0.4 is 10.2 Å². The molecule has 1 fully saturated rings. The third-order valence-electron chi connectivity index (χ3n) is 2.95. The Kier molecular flexibility index (Phi) is 4.70. The predicted molar refractivity (Wildman–Crippen MR) is 69.1 cm³/mol. The van der Waals surface area contributed by atoms with Crippen LogP contribution in [0.3, 0.4) is 0 Å². The molecule has 5 nitrogen and oxygen atoms in total. The molecule has 19 heavy (non-hydrogen) atoms. The number of hydrazine groups is 1. The molecule has 0 radical (unpaired) electrons. The normalized spacial score (nSPS) is 17.2. The average molecular weight is 267 g/mol. The molecule has 0 unspecified atom stereocenters. The number of carbonyl (C=O) groups is 1. The number of nitrogens with zero attached hydrogens (tertiary/aromatic N) is 2. The summed E-state index contributed by atoms with van der Waals surface area (Å²) in [5.41, 5.74) is 2.77. The fraction of sp³-hybridized carbons (Fsp3) is 0.462. The van der Waals surface area contributed by atoms with Crippen molar-refractivity contribution in [3.05, 3.63) is 30.1 Å². The van der Waals surface area contributed by atoms with Crippen molar-refractivity contribution in [2.75, 3.05) is 39.8 Å². The molecule has 1 amide bonds. The van der Waals surface area contributed by atoms with Gasteiger partial charge in [0.15, 0.2) is 6.61 Å². The lowest BCUT2D eigenvalue weighted by atomic mass is 10.3. The zero-order valence-electron chi connectivity index (χ0n) is 10.9. The van der Waals surface area contributed by atoms with Crippen molar-refractivity contribution in [2.45, 2.75) is 0 Å². The summed E-state index contributed by atoms with van der Waals surface area (Å²) >= 11 is 0. The van der Waals surface area contributed by atoms with Crippen LogP contribution in [0, 0.1) is 5.82 Å². The minimum Gasteiger partial charge on any atom is -0.484 e. The minimum absolute atomic E-state index is 0.115. The van der Waals surface area contributed by atoms with Gasteiger partial charge in [-0.15, -0.1) is 0 Å². The first-order valence-corrected chi connectivity index (χ1v) is 6.25. The van der Waals surface area contributed by atoms with Crippen LogP contribution in [-0.2, 0) is 4.79 Å². The van der Waals surface area contributed by atoms with E-state index in [9.17, 15) is 9.18 Å². The summed E-state index contributed by atoms with van der Waals surface area (Å²) in [5, 5.41) is 1.87. The Labute approximate surface area is 111 Å². The molecule has 1 saturated heterocycles. The van der Waals surface area contributed by atoms with Gasteiger partial charge in [-0.1, -0.05) is 6.07 Å². The topological polar surface area (TPSA) is 44.8 Å². The van der Waals surface area contributed by atoms with Crippen molar-refractivity contribution >= 4 is 5.91 Å². The second kappa shape index (κ2) is 6.49. The van der Waals surface area contributed by atoms with E-state index in [0.29, 0.717) is 5.75 Å². The van der Waals surface area contributed by atoms with Crippen molar-refractivity contribution < 1.29 is 13.9 Å². The summed E-state index contributed by atoms with van der Waals surface area (Å²) in [4.78, 5) is 13.9. The molecule has 1 heterocycles. The molecule has 104 valence electrons. The van der Waals surface area contributed by atoms with Crippen LogP contribution in [0.4, 0.5) is 4.39 Å². The fourth-order valence-corrected chi connectivity index (χ4v) is 1.83. The van der Waals surface area contributed by atoms with Crippen LogP contribution in [0.15, 0.2) is 24.3 Å². The molecule has 0 aliphatic carbocycles. The number of nitrogens with one attached hydrogen (secondary N) is 1. The van der Waals surface area contributed by atoms with Gasteiger partial charge in [0.25, 0.3) is 5.91 Å². The van der Waals surface area contributed by atoms with Gasteiger partial charge in [0, 0.05) is 32.2 Å². The van der Waals surface area contributed by atoms with E-state index in [1.54, 1.807) is 12.1 Å². The van der Waals surface area contributed by atoms with Gasteiger partial charge in [-0.05, 0) is 19.2 Å². The van der Waals surface area contributed by atoms with Gasteiger partial charge >= 0.3 is 0 Å². The maximum absolute atomic E-state index is 12.9. The van der Waals surface area contributed by atoms with Gasteiger partial charge in [-0.3, -0.25) is 10.2 Å². The molecular weight excluding hydrogens is 249 g/mol. The summed E-state index contributed by atoms with van der Waals surface area (Å²) in [5.74, 6) is -0.251. The Bertz CT molecular complexity index is 434. The van der Waals surface area contributed by atoms with E-state index in [1.807, 2.05) is 12.1 Å². The van der Waals surface area contributed by atoms with Gasteiger partial charge in [0.05, 0.1) is 0 Å².